The van der Waals surface area contributed by atoms with E-state index in [-0.39, 0.29) is 61.2 Å². The van der Waals surface area contributed by atoms with E-state index in [1.165, 1.54) is 24.3 Å². The Morgan fingerprint density at radius 3 is 1.04 bits per heavy atom. The molecule has 0 unspecified atom stereocenters. The first-order valence-electron chi connectivity index (χ1n) is 14.7. The first-order valence-corrected chi connectivity index (χ1v) is 14.7. The third-order valence-electron chi connectivity index (χ3n) is 9.07. The summed E-state index contributed by atoms with van der Waals surface area (Å²) in [5.74, 6) is -17.5. The van der Waals surface area contributed by atoms with Crippen LogP contribution in [0.3, 0.4) is 0 Å². The molecule has 0 fully saturated rings. The van der Waals surface area contributed by atoms with Crippen LogP contribution in [0.5, 0.6) is 0 Å². The Hall–Kier alpha value is -7.09. The number of benzene rings is 5. The van der Waals surface area contributed by atoms with E-state index in [9.17, 15) is 51.8 Å². The molecule has 4 nitrogen and oxygen atoms in total. The molecular formula is C39H11F9N4. The highest BCUT2D eigenvalue weighted by molar-refractivity contribution is 6.11. The molecule has 0 aromatic heterocycles. The van der Waals surface area contributed by atoms with Crippen molar-refractivity contribution in [1.29, 1.82) is 21.0 Å². The third-order valence-corrected chi connectivity index (χ3v) is 9.07. The highest BCUT2D eigenvalue weighted by atomic mass is 19.2. The van der Waals surface area contributed by atoms with Crippen molar-refractivity contribution in [2.45, 2.75) is 6.92 Å². The number of rotatable bonds is 2. The van der Waals surface area contributed by atoms with Crippen molar-refractivity contribution in [2.75, 3.05) is 0 Å². The Kier molecular flexibility index (Phi) is 7.56. The van der Waals surface area contributed by atoms with Crippen molar-refractivity contribution in [1.82, 2.24) is 0 Å². The monoisotopic (exact) mass is 706 g/mol. The minimum absolute atomic E-state index is 0.00878. The summed E-state index contributed by atoms with van der Waals surface area (Å²) in [5.41, 5.74) is -3.54. The second-order valence-corrected chi connectivity index (χ2v) is 11.6. The summed E-state index contributed by atoms with van der Waals surface area (Å²) in [6.07, 6.45) is 0. The lowest BCUT2D eigenvalue weighted by Gasteiger charge is -2.12. The van der Waals surface area contributed by atoms with Gasteiger partial charge in [-0.3, -0.25) is 0 Å². The highest BCUT2D eigenvalue weighted by Gasteiger charge is 2.36. The molecule has 7 rings (SSSR count). The number of nitriles is 4. The molecule has 0 spiro atoms. The molecule has 0 aliphatic heterocycles. The molecule has 5 aromatic carbocycles. The maximum atomic E-state index is 15.1. The lowest BCUT2D eigenvalue weighted by Crippen LogP contribution is -2.04. The van der Waals surface area contributed by atoms with Crippen molar-refractivity contribution in [3.05, 3.63) is 140 Å². The lowest BCUT2D eigenvalue weighted by atomic mass is 9.93. The maximum absolute atomic E-state index is 15.1. The SMILES string of the molecule is Cc1c(F)c(F)c(-c2ccc3c(c2)C(=C(C#N)C#N)c2cc4c(cc2-3)C(=C(C#N)C#N)c2cc(-c3c(F)c(F)c(F)c(F)c3F)ccc2-4)c(F)c1F. The summed E-state index contributed by atoms with van der Waals surface area (Å²) in [7, 11) is 0. The first kappa shape index (κ1) is 33.4. The molecule has 0 radical (unpaired) electrons. The van der Waals surface area contributed by atoms with Gasteiger partial charge < -0.3 is 0 Å². The van der Waals surface area contributed by atoms with E-state index in [2.05, 4.69) is 0 Å². The number of hydrogen-bond donors (Lipinski definition) is 0. The van der Waals surface area contributed by atoms with E-state index in [0.717, 1.165) is 31.2 Å². The molecule has 0 saturated carbocycles. The molecule has 2 aliphatic rings. The van der Waals surface area contributed by atoms with Gasteiger partial charge in [-0.25, -0.2) is 39.5 Å². The summed E-state index contributed by atoms with van der Waals surface area (Å²) in [6.45, 7) is 0.858. The molecule has 2 aliphatic carbocycles. The molecule has 52 heavy (non-hydrogen) atoms. The molecule has 0 N–H and O–H groups in total. The van der Waals surface area contributed by atoms with Gasteiger partial charge in [-0.2, -0.15) is 21.0 Å². The van der Waals surface area contributed by atoms with Crippen molar-refractivity contribution in [3.63, 3.8) is 0 Å². The number of fused-ring (bicyclic) bond motifs is 6. The van der Waals surface area contributed by atoms with Crippen LogP contribution in [-0.4, -0.2) is 0 Å². The Morgan fingerprint density at radius 2 is 0.692 bits per heavy atom. The van der Waals surface area contributed by atoms with Crippen LogP contribution in [0.2, 0.25) is 0 Å². The predicted molar refractivity (Wildman–Crippen MR) is 167 cm³/mol. The number of halogens is 9. The molecule has 0 bridgehead atoms. The summed E-state index contributed by atoms with van der Waals surface area (Å²) in [5, 5.41) is 39.6. The van der Waals surface area contributed by atoms with E-state index < -0.39 is 85.8 Å². The number of hydrogen-bond acceptors (Lipinski definition) is 4. The Morgan fingerprint density at radius 1 is 0.385 bits per heavy atom. The largest absolute Gasteiger partial charge is 0.203 e. The quantitative estimate of drug-likeness (QED) is 0.0774. The summed E-state index contributed by atoms with van der Waals surface area (Å²) in [6, 6.07) is 16.9. The molecular weight excluding hydrogens is 695 g/mol. The summed E-state index contributed by atoms with van der Waals surface area (Å²) < 4.78 is 131. The Labute approximate surface area is 287 Å². The van der Waals surface area contributed by atoms with Gasteiger partial charge in [0.1, 0.15) is 35.4 Å². The molecule has 0 heterocycles. The van der Waals surface area contributed by atoms with Crippen LogP contribution in [0.15, 0.2) is 59.7 Å². The van der Waals surface area contributed by atoms with Gasteiger partial charge in [0, 0.05) is 16.7 Å². The summed E-state index contributed by atoms with van der Waals surface area (Å²) in [4.78, 5) is 0. The normalized spacial score (nSPS) is 11.9. The maximum Gasteiger partial charge on any atom is 0.200 e. The molecule has 0 atom stereocenters. The van der Waals surface area contributed by atoms with Crippen LogP contribution >= 0.6 is 0 Å². The zero-order valence-electron chi connectivity index (χ0n) is 25.8. The smallest absolute Gasteiger partial charge is 0.200 e. The fourth-order valence-corrected chi connectivity index (χ4v) is 6.70. The van der Waals surface area contributed by atoms with Gasteiger partial charge in [0.15, 0.2) is 46.5 Å². The fourth-order valence-electron chi connectivity index (χ4n) is 6.70. The average Bonchev–Trinajstić information content (AvgIpc) is 3.63. The minimum Gasteiger partial charge on any atom is -0.203 e. The molecule has 0 amide bonds. The summed E-state index contributed by atoms with van der Waals surface area (Å²) >= 11 is 0. The van der Waals surface area contributed by atoms with Crippen LogP contribution in [0.4, 0.5) is 39.5 Å². The molecule has 5 aromatic rings. The first-order chi connectivity index (χ1) is 24.8. The Balaban J connectivity index is 1.50. The van der Waals surface area contributed by atoms with E-state index in [1.54, 1.807) is 24.3 Å². The van der Waals surface area contributed by atoms with E-state index in [1.807, 2.05) is 0 Å². The minimum atomic E-state index is -2.36. The standard InChI is InChI=1S/C39H11F9N4/c1-14-31(40)33(42)29(34(43)32(14)41)15-2-4-19-21-8-26-22(9-25(21)27(23(19)6-15)17(10-49)11-50)20-5-3-16(7-24(20)28(26)18(12-51)13-52)30-35(44)37(46)39(48)38(47)36(30)45/h2-9H,1H3. The van der Waals surface area contributed by atoms with Crippen LogP contribution in [0.25, 0.3) is 55.7 Å². The van der Waals surface area contributed by atoms with Crippen molar-refractivity contribution < 1.29 is 39.5 Å². The third kappa shape index (κ3) is 4.40. The second kappa shape index (κ2) is 11.8. The van der Waals surface area contributed by atoms with Crippen molar-refractivity contribution in [3.8, 4) is 68.8 Å². The van der Waals surface area contributed by atoms with Gasteiger partial charge in [-0.1, -0.05) is 24.3 Å². The topological polar surface area (TPSA) is 95.2 Å². The molecule has 13 heteroatoms. The average molecular weight is 707 g/mol. The van der Waals surface area contributed by atoms with Gasteiger partial charge in [0.05, 0.1) is 11.1 Å². The number of allylic oxidation sites excluding steroid dienone is 2. The number of nitrogens with zero attached hydrogens (tertiary/aromatic N) is 4. The van der Waals surface area contributed by atoms with Crippen LogP contribution in [0, 0.1) is 105 Å². The lowest BCUT2D eigenvalue weighted by molar-refractivity contribution is 0.381. The second-order valence-electron chi connectivity index (χ2n) is 11.6. The Bertz CT molecular complexity index is 2510. The molecule has 0 saturated heterocycles. The van der Waals surface area contributed by atoms with Gasteiger partial charge in [-0.15, -0.1) is 0 Å². The van der Waals surface area contributed by atoms with Crippen LogP contribution in [0.1, 0.15) is 27.8 Å². The van der Waals surface area contributed by atoms with Crippen molar-refractivity contribution >= 4 is 11.1 Å². The zero-order chi connectivity index (χ0) is 37.5. The van der Waals surface area contributed by atoms with Crippen LogP contribution < -0.4 is 0 Å². The van der Waals surface area contributed by atoms with Gasteiger partial charge in [0.25, 0.3) is 0 Å². The highest BCUT2D eigenvalue weighted by Crippen LogP contribution is 2.54. The fraction of sp³-hybridized carbons (Fsp3) is 0.0256. The van der Waals surface area contributed by atoms with Gasteiger partial charge in [0.2, 0.25) is 5.82 Å². The zero-order valence-corrected chi connectivity index (χ0v) is 25.8. The van der Waals surface area contributed by atoms with E-state index in [4.69, 9.17) is 0 Å². The van der Waals surface area contributed by atoms with E-state index in [0.29, 0.717) is 0 Å². The predicted octanol–water partition coefficient (Wildman–Crippen LogP) is 10.2. The molecule has 250 valence electrons. The van der Waals surface area contributed by atoms with Gasteiger partial charge in [-0.05, 0) is 86.8 Å². The van der Waals surface area contributed by atoms with Gasteiger partial charge >= 0.3 is 0 Å². The van der Waals surface area contributed by atoms with Crippen LogP contribution in [-0.2, 0) is 0 Å². The van der Waals surface area contributed by atoms with E-state index >= 15 is 8.78 Å². The van der Waals surface area contributed by atoms with Crippen molar-refractivity contribution in [2.24, 2.45) is 0 Å².